The molecule has 0 unspecified atom stereocenters. The summed E-state index contributed by atoms with van der Waals surface area (Å²) in [5.41, 5.74) is 6.62. The summed E-state index contributed by atoms with van der Waals surface area (Å²) >= 11 is 0. The predicted octanol–water partition coefficient (Wildman–Crippen LogP) is 8.02. The highest BCUT2D eigenvalue weighted by atomic mass is 16.5. The molecule has 1 rings (SSSR count). The van der Waals surface area contributed by atoms with Crippen molar-refractivity contribution in [2.24, 2.45) is 5.73 Å². The average molecular weight is 475 g/mol. The summed E-state index contributed by atoms with van der Waals surface area (Å²) < 4.78 is 6.09. The van der Waals surface area contributed by atoms with Crippen LogP contribution < -0.4 is 10.5 Å². The first-order valence-corrected chi connectivity index (χ1v) is 14.3. The fourth-order valence-corrected chi connectivity index (χ4v) is 4.39. The van der Waals surface area contributed by atoms with Gasteiger partial charge in [0.2, 0.25) is 5.91 Å². The molecule has 0 bridgehead atoms. The van der Waals surface area contributed by atoms with Gasteiger partial charge in [0.05, 0.1) is 6.61 Å². The Morgan fingerprint density at radius 2 is 1.29 bits per heavy atom. The van der Waals surface area contributed by atoms with E-state index in [1.807, 2.05) is 30.1 Å². The van der Waals surface area contributed by atoms with Gasteiger partial charge in [-0.15, -0.1) is 0 Å². The first kappa shape index (κ1) is 30.5. The second kappa shape index (κ2) is 21.9. The summed E-state index contributed by atoms with van der Waals surface area (Å²) in [4.78, 5) is 14.2. The van der Waals surface area contributed by atoms with Crippen molar-refractivity contribution >= 4 is 5.91 Å². The van der Waals surface area contributed by atoms with Gasteiger partial charge in [0.1, 0.15) is 5.75 Å². The lowest BCUT2D eigenvalue weighted by molar-refractivity contribution is -0.130. The van der Waals surface area contributed by atoms with Gasteiger partial charge < -0.3 is 15.4 Å². The zero-order valence-corrected chi connectivity index (χ0v) is 22.5. The lowest BCUT2D eigenvalue weighted by Crippen LogP contribution is -2.26. The zero-order chi connectivity index (χ0) is 24.7. The van der Waals surface area contributed by atoms with E-state index in [4.69, 9.17) is 10.5 Å². The van der Waals surface area contributed by atoms with Gasteiger partial charge in [0, 0.05) is 25.6 Å². The number of nitrogens with two attached hydrogens (primary N) is 1. The number of hydrogen-bond donors (Lipinski definition) is 1. The van der Waals surface area contributed by atoms with Crippen molar-refractivity contribution in [3.05, 3.63) is 29.8 Å². The average Bonchev–Trinajstić information content (AvgIpc) is 2.85. The molecule has 0 aliphatic rings. The maximum atomic E-state index is 12.4. The molecule has 1 aromatic carbocycles. The third-order valence-corrected chi connectivity index (χ3v) is 6.66. The number of carbonyl (C=O) groups is 1. The van der Waals surface area contributed by atoms with Crippen molar-refractivity contribution in [1.29, 1.82) is 0 Å². The molecule has 0 aliphatic heterocycles. The van der Waals surface area contributed by atoms with E-state index in [0.29, 0.717) is 19.5 Å². The predicted molar refractivity (Wildman–Crippen MR) is 146 cm³/mol. The van der Waals surface area contributed by atoms with E-state index < -0.39 is 0 Å². The highest BCUT2D eigenvalue weighted by molar-refractivity contribution is 5.75. The standard InChI is InChI=1S/C30H54N2O2/c1-3-4-5-6-7-8-9-10-11-12-13-14-15-21-26-34-29-23-19-18-22-28(29)27-32(2)30(33)24-17-16-20-25-31/h18-19,22-23H,3-17,20-21,24-27,31H2,1-2H3. The molecule has 4 nitrogen and oxygen atoms in total. The van der Waals surface area contributed by atoms with Crippen LogP contribution in [0.1, 0.15) is 128 Å². The number of amides is 1. The molecule has 0 spiro atoms. The van der Waals surface area contributed by atoms with Crippen molar-refractivity contribution in [2.45, 2.75) is 129 Å². The van der Waals surface area contributed by atoms with E-state index in [9.17, 15) is 4.79 Å². The van der Waals surface area contributed by atoms with Crippen LogP contribution in [-0.4, -0.2) is 31.0 Å². The van der Waals surface area contributed by atoms with E-state index in [0.717, 1.165) is 43.6 Å². The Morgan fingerprint density at radius 1 is 0.765 bits per heavy atom. The van der Waals surface area contributed by atoms with Crippen LogP contribution in [0, 0.1) is 0 Å². The van der Waals surface area contributed by atoms with Crippen LogP contribution in [0.3, 0.4) is 0 Å². The number of unbranched alkanes of at least 4 members (excludes halogenated alkanes) is 15. The largest absolute Gasteiger partial charge is 0.493 e. The Bertz CT molecular complexity index is 605. The van der Waals surface area contributed by atoms with Crippen LogP contribution in [0.4, 0.5) is 0 Å². The second-order valence-electron chi connectivity index (χ2n) is 9.90. The molecular formula is C30H54N2O2. The Kier molecular flexibility index (Phi) is 19.7. The molecule has 0 radical (unpaired) electrons. The van der Waals surface area contributed by atoms with Gasteiger partial charge in [-0.25, -0.2) is 0 Å². The van der Waals surface area contributed by atoms with E-state index >= 15 is 0 Å². The minimum absolute atomic E-state index is 0.193. The molecular weight excluding hydrogens is 420 g/mol. The molecule has 0 heterocycles. The number of rotatable bonds is 23. The van der Waals surface area contributed by atoms with Crippen molar-refractivity contribution in [3.63, 3.8) is 0 Å². The number of hydrogen-bond acceptors (Lipinski definition) is 3. The Labute approximate surface area is 211 Å². The van der Waals surface area contributed by atoms with Crippen molar-refractivity contribution in [2.75, 3.05) is 20.2 Å². The number of nitrogens with zero attached hydrogens (tertiary/aromatic N) is 1. The molecule has 0 saturated heterocycles. The summed E-state index contributed by atoms with van der Waals surface area (Å²) in [5, 5.41) is 0. The maximum Gasteiger partial charge on any atom is 0.222 e. The van der Waals surface area contributed by atoms with Crippen LogP contribution in [0.25, 0.3) is 0 Å². The third kappa shape index (κ3) is 16.1. The first-order chi connectivity index (χ1) is 16.7. The SMILES string of the molecule is CCCCCCCCCCCCCCCCOc1ccccc1CN(C)C(=O)CCCCCN. The number of carbonyl (C=O) groups excluding carboxylic acids is 1. The lowest BCUT2D eigenvalue weighted by atomic mass is 10.0. The summed E-state index contributed by atoms with van der Waals surface area (Å²) in [7, 11) is 1.88. The molecule has 0 aromatic heterocycles. The van der Waals surface area contributed by atoms with Crippen LogP contribution in [0.2, 0.25) is 0 Å². The summed E-state index contributed by atoms with van der Waals surface area (Å²) in [6, 6.07) is 8.13. The normalized spacial score (nSPS) is 11.0. The highest BCUT2D eigenvalue weighted by Crippen LogP contribution is 2.21. The van der Waals surface area contributed by atoms with Gasteiger partial charge in [-0.3, -0.25) is 4.79 Å². The number of para-hydroxylation sites is 1. The van der Waals surface area contributed by atoms with Crippen LogP contribution in [0.15, 0.2) is 24.3 Å². The molecule has 34 heavy (non-hydrogen) atoms. The fraction of sp³-hybridized carbons (Fsp3) is 0.767. The van der Waals surface area contributed by atoms with Crippen molar-refractivity contribution in [1.82, 2.24) is 4.90 Å². The van der Waals surface area contributed by atoms with Crippen LogP contribution >= 0.6 is 0 Å². The lowest BCUT2D eigenvalue weighted by Gasteiger charge is -2.19. The number of benzene rings is 1. The monoisotopic (exact) mass is 474 g/mol. The summed E-state index contributed by atoms with van der Waals surface area (Å²) in [5.74, 6) is 1.11. The minimum Gasteiger partial charge on any atom is -0.493 e. The Hall–Kier alpha value is -1.55. The fourth-order valence-electron chi connectivity index (χ4n) is 4.39. The summed E-state index contributed by atoms with van der Waals surface area (Å²) in [6.45, 7) is 4.34. The third-order valence-electron chi connectivity index (χ3n) is 6.66. The van der Waals surface area contributed by atoms with Crippen LogP contribution in [0.5, 0.6) is 5.75 Å². The maximum absolute atomic E-state index is 12.4. The van der Waals surface area contributed by atoms with E-state index in [1.165, 1.54) is 83.5 Å². The molecule has 2 N–H and O–H groups in total. The zero-order valence-electron chi connectivity index (χ0n) is 22.5. The van der Waals surface area contributed by atoms with Crippen molar-refractivity contribution in [3.8, 4) is 5.75 Å². The van der Waals surface area contributed by atoms with Crippen LogP contribution in [-0.2, 0) is 11.3 Å². The Balaban J connectivity index is 2.08. The van der Waals surface area contributed by atoms with E-state index in [2.05, 4.69) is 13.0 Å². The number of ether oxygens (including phenoxy) is 1. The molecule has 0 atom stereocenters. The molecule has 0 aliphatic carbocycles. The molecule has 4 heteroatoms. The van der Waals surface area contributed by atoms with E-state index in [-0.39, 0.29) is 5.91 Å². The van der Waals surface area contributed by atoms with Gasteiger partial charge in [-0.05, 0) is 31.9 Å². The van der Waals surface area contributed by atoms with Gasteiger partial charge in [-0.1, -0.05) is 115 Å². The first-order valence-electron chi connectivity index (χ1n) is 14.3. The molecule has 0 fully saturated rings. The molecule has 1 aromatic rings. The molecule has 0 saturated carbocycles. The smallest absolute Gasteiger partial charge is 0.222 e. The topological polar surface area (TPSA) is 55.6 Å². The second-order valence-corrected chi connectivity index (χ2v) is 9.90. The van der Waals surface area contributed by atoms with E-state index in [1.54, 1.807) is 0 Å². The van der Waals surface area contributed by atoms with Gasteiger partial charge >= 0.3 is 0 Å². The van der Waals surface area contributed by atoms with Gasteiger partial charge in [0.15, 0.2) is 0 Å². The quantitative estimate of drug-likeness (QED) is 0.163. The minimum atomic E-state index is 0.193. The molecule has 1 amide bonds. The van der Waals surface area contributed by atoms with Crippen molar-refractivity contribution < 1.29 is 9.53 Å². The highest BCUT2D eigenvalue weighted by Gasteiger charge is 2.12. The van der Waals surface area contributed by atoms with Gasteiger partial charge in [-0.2, -0.15) is 0 Å². The summed E-state index contributed by atoms with van der Waals surface area (Å²) in [6.07, 6.45) is 22.6. The molecule has 196 valence electrons. The Morgan fingerprint density at radius 3 is 1.88 bits per heavy atom. The van der Waals surface area contributed by atoms with Gasteiger partial charge in [0.25, 0.3) is 0 Å².